The highest BCUT2D eigenvalue weighted by atomic mass is 16.4. The van der Waals surface area contributed by atoms with E-state index in [1.165, 1.54) is 0 Å². The Labute approximate surface area is 191 Å². The third kappa shape index (κ3) is 17.5. The van der Waals surface area contributed by atoms with Gasteiger partial charge in [-0.15, -0.1) is 0 Å². The Bertz CT molecular complexity index is 498. The van der Waals surface area contributed by atoms with Crippen molar-refractivity contribution in [2.75, 3.05) is 0 Å². The Morgan fingerprint density at radius 3 is 1.03 bits per heavy atom. The molecule has 32 heavy (non-hydrogen) atoms. The maximum atomic E-state index is 11.1. The van der Waals surface area contributed by atoms with Crippen LogP contribution in [0.25, 0.3) is 0 Å². The summed E-state index contributed by atoms with van der Waals surface area (Å²) < 4.78 is 0. The lowest BCUT2D eigenvalue weighted by Crippen LogP contribution is -2.30. The van der Waals surface area contributed by atoms with Gasteiger partial charge in [0, 0.05) is 12.8 Å². The lowest BCUT2D eigenvalue weighted by atomic mass is 9.83. The molecule has 0 aliphatic heterocycles. The molecule has 0 aromatic carbocycles. The number of unbranched alkanes of at least 4 members (excludes halogenated alkanes) is 7. The minimum Gasteiger partial charge on any atom is -0.481 e. The summed E-state index contributed by atoms with van der Waals surface area (Å²) in [6.45, 7) is 0. The summed E-state index contributed by atoms with van der Waals surface area (Å²) in [6.07, 6.45) is 15.5. The maximum Gasteiger partial charge on any atom is 0.307 e. The van der Waals surface area contributed by atoms with Crippen LogP contribution in [0, 0.1) is 11.8 Å². The van der Waals surface area contributed by atoms with E-state index in [9.17, 15) is 19.2 Å². The highest BCUT2D eigenvalue weighted by Crippen LogP contribution is 2.27. The molecule has 2 unspecified atom stereocenters. The van der Waals surface area contributed by atoms with Gasteiger partial charge in [-0.3, -0.25) is 19.2 Å². The Morgan fingerprint density at radius 1 is 0.469 bits per heavy atom. The van der Waals surface area contributed by atoms with Crippen molar-refractivity contribution in [3.63, 3.8) is 0 Å². The third-order valence-corrected chi connectivity index (χ3v) is 5.93. The second-order valence-electron chi connectivity index (χ2n) is 8.70. The summed E-state index contributed by atoms with van der Waals surface area (Å²) in [7, 11) is 0. The second kappa shape index (κ2) is 19.6. The maximum absolute atomic E-state index is 11.1. The molecule has 8 nitrogen and oxygen atoms in total. The van der Waals surface area contributed by atoms with Crippen molar-refractivity contribution >= 4 is 23.9 Å². The van der Waals surface area contributed by atoms with Crippen LogP contribution in [0.5, 0.6) is 0 Å². The minimum atomic E-state index is -0.951. The Hall–Kier alpha value is -2.12. The second-order valence-corrected chi connectivity index (χ2v) is 8.70. The minimum absolute atomic E-state index is 0.276. The lowest BCUT2D eigenvalue weighted by molar-refractivity contribution is -0.154. The van der Waals surface area contributed by atoms with Gasteiger partial charge in [-0.1, -0.05) is 77.0 Å². The number of hydrogen-bond acceptors (Lipinski definition) is 4. The van der Waals surface area contributed by atoms with Crippen LogP contribution in [0.3, 0.4) is 0 Å². The predicted octanol–water partition coefficient (Wildman–Crippen LogP) is 5.58. The highest BCUT2D eigenvalue weighted by Gasteiger charge is 2.32. The fourth-order valence-corrected chi connectivity index (χ4v) is 4.04. The zero-order chi connectivity index (χ0) is 24.2. The molecule has 1 rings (SSSR count). The van der Waals surface area contributed by atoms with Crippen molar-refractivity contribution in [2.45, 2.75) is 116 Å². The van der Waals surface area contributed by atoms with Crippen LogP contribution in [0.15, 0.2) is 0 Å². The molecule has 0 spiro atoms. The van der Waals surface area contributed by atoms with Gasteiger partial charge in [-0.25, -0.2) is 0 Å². The average Bonchev–Trinajstić information content (AvgIpc) is 2.72. The molecular formula is C24H42O8. The fourth-order valence-electron chi connectivity index (χ4n) is 4.04. The SMILES string of the molecule is O=C(O)C1CCCCCCCCC1C(=O)O.O=C(O)CCCCCCCCCCC(=O)O. The van der Waals surface area contributed by atoms with Gasteiger partial charge >= 0.3 is 23.9 Å². The molecular weight excluding hydrogens is 416 g/mol. The molecule has 0 amide bonds. The topological polar surface area (TPSA) is 149 Å². The first-order chi connectivity index (χ1) is 15.3. The molecule has 2 atom stereocenters. The normalized spacial score (nSPS) is 19.2. The van der Waals surface area contributed by atoms with Gasteiger partial charge in [-0.05, 0) is 25.7 Å². The monoisotopic (exact) mass is 458 g/mol. The van der Waals surface area contributed by atoms with Crippen LogP contribution in [0.2, 0.25) is 0 Å². The first-order valence-corrected chi connectivity index (χ1v) is 12.1. The Kier molecular flexibility index (Phi) is 18.3. The van der Waals surface area contributed by atoms with Crippen molar-refractivity contribution in [1.82, 2.24) is 0 Å². The molecule has 0 saturated heterocycles. The molecule has 8 heteroatoms. The zero-order valence-corrected chi connectivity index (χ0v) is 19.3. The molecule has 4 N–H and O–H groups in total. The van der Waals surface area contributed by atoms with E-state index in [0.29, 0.717) is 12.8 Å². The van der Waals surface area contributed by atoms with E-state index in [-0.39, 0.29) is 12.8 Å². The summed E-state index contributed by atoms with van der Waals surface area (Å²) in [5, 5.41) is 35.0. The van der Waals surface area contributed by atoms with E-state index in [1.807, 2.05) is 0 Å². The van der Waals surface area contributed by atoms with Crippen LogP contribution >= 0.6 is 0 Å². The van der Waals surface area contributed by atoms with Gasteiger partial charge in [0.1, 0.15) is 0 Å². The number of carboxylic acids is 4. The van der Waals surface area contributed by atoms with Crippen molar-refractivity contribution in [3.05, 3.63) is 0 Å². The van der Waals surface area contributed by atoms with Crippen LogP contribution in [0.1, 0.15) is 116 Å². The summed E-state index contributed by atoms with van der Waals surface area (Å²) in [5.74, 6) is -4.73. The number of carbonyl (C=O) groups is 4. The van der Waals surface area contributed by atoms with Gasteiger partial charge < -0.3 is 20.4 Å². The fraction of sp³-hybridized carbons (Fsp3) is 0.833. The Morgan fingerprint density at radius 2 is 0.750 bits per heavy atom. The number of hydrogen-bond donors (Lipinski definition) is 4. The first-order valence-electron chi connectivity index (χ1n) is 12.1. The van der Waals surface area contributed by atoms with E-state index in [0.717, 1.165) is 89.9 Å². The number of aliphatic carboxylic acids is 4. The summed E-state index contributed by atoms with van der Waals surface area (Å²) >= 11 is 0. The smallest absolute Gasteiger partial charge is 0.307 e. The van der Waals surface area contributed by atoms with Crippen molar-refractivity contribution in [3.8, 4) is 0 Å². The van der Waals surface area contributed by atoms with Gasteiger partial charge in [-0.2, -0.15) is 0 Å². The molecule has 1 saturated carbocycles. The van der Waals surface area contributed by atoms with E-state index < -0.39 is 35.7 Å². The zero-order valence-electron chi connectivity index (χ0n) is 19.3. The summed E-state index contributed by atoms with van der Waals surface area (Å²) in [6, 6.07) is 0. The van der Waals surface area contributed by atoms with E-state index in [1.54, 1.807) is 0 Å². The summed E-state index contributed by atoms with van der Waals surface area (Å²) in [4.78, 5) is 42.6. The average molecular weight is 459 g/mol. The molecule has 0 aromatic heterocycles. The van der Waals surface area contributed by atoms with Gasteiger partial charge in [0.15, 0.2) is 0 Å². The van der Waals surface area contributed by atoms with Gasteiger partial charge in [0.25, 0.3) is 0 Å². The van der Waals surface area contributed by atoms with E-state index in [4.69, 9.17) is 20.4 Å². The van der Waals surface area contributed by atoms with Crippen molar-refractivity contribution in [2.24, 2.45) is 11.8 Å². The summed E-state index contributed by atoms with van der Waals surface area (Å²) in [5.41, 5.74) is 0. The third-order valence-electron chi connectivity index (χ3n) is 5.93. The highest BCUT2D eigenvalue weighted by molar-refractivity contribution is 5.79. The van der Waals surface area contributed by atoms with E-state index >= 15 is 0 Å². The van der Waals surface area contributed by atoms with E-state index in [2.05, 4.69) is 0 Å². The number of rotatable bonds is 13. The van der Waals surface area contributed by atoms with Crippen LogP contribution in [-0.2, 0) is 19.2 Å². The largest absolute Gasteiger partial charge is 0.481 e. The molecule has 186 valence electrons. The van der Waals surface area contributed by atoms with Crippen LogP contribution in [-0.4, -0.2) is 44.3 Å². The molecule has 1 aliphatic carbocycles. The van der Waals surface area contributed by atoms with Gasteiger partial charge in [0.05, 0.1) is 11.8 Å². The Balaban J connectivity index is 0.000000601. The van der Waals surface area contributed by atoms with Crippen LogP contribution in [0.4, 0.5) is 0 Å². The predicted molar refractivity (Wildman–Crippen MR) is 121 cm³/mol. The lowest BCUT2D eigenvalue weighted by Gasteiger charge is -2.21. The molecule has 0 bridgehead atoms. The number of carboxylic acid groups (broad SMARTS) is 4. The molecule has 1 fully saturated rings. The molecule has 0 aromatic rings. The molecule has 1 aliphatic rings. The molecule has 0 radical (unpaired) electrons. The standard InChI is InChI=1S/C12H20O4.C12H22O4/c13-11(14)9-7-5-3-1-2-4-6-8-10(9)12(15)16;13-11(14)9-7-5-3-1-2-4-6-8-10-12(15)16/h9-10H,1-8H2,(H,13,14)(H,15,16);1-10H2,(H,13,14)(H,15,16). The van der Waals surface area contributed by atoms with Crippen molar-refractivity contribution < 1.29 is 39.6 Å². The van der Waals surface area contributed by atoms with Crippen LogP contribution < -0.4 is 0 Å². The van der Waals surface area contributed by atoms with Crippen molar-refractivity contribution in [1.29, 1.82) is 0 Å². The molecule has 0 heterocycles. The quantitative estimate of drug-likeness (QED) is 0.261. The van der Waals surface area contributed by atoms with Gasteiger partial charge in [0.2, 0.25) is 0 Å². The first kappa shape index (κ1) is 29.9.